The molecule has 0 heterocycles. The number of hydrogen-bond acceptors (Lipinski definition) is 1. The van der Waals surface area contributed by atoms with Crippen molar-refractivity contribution in [2.24, 2.45) is 17.8 Å². The van der Waals surface area contributed by atoms with E-state index >= 15 is 0 Å². The van der Waals surface area contributed by atoms with Crippen molar-refractivity contribution in [1.82, 2.24) is 5.32 Å². The van der Waals surface area contributed by atoms with Gasteiger partial charge in [-0.05, 0) is 61.6 Å². The first-order valence-electron chi connectivity index (χ1n) is 7.65. The molecule has 1 N–H and O–H groups in total. The van der Waals surface area contributed by atoms with Gasteiger partial charge in [0.05, 0.1) is 6.42 Å². The topological polar surface area (TPSA) is 29.1 Å². The molecule has 0 radical (unpaired) electrons. The molecule has 0 unspecified atom stereocenters. The standard InChI is InChI=1S/C17H22FNO/c1-11(16-9-13-2-5-14(16)8-13)19-17(20)10-12-3-6-15(18)7-4-12/h3-4,6-7,11,13-14,16H,2,5,8-10H2,1H3,(H,19,20)/t11-,13+,14+,16+/m0/s1. The van der Waals surface area contributed by atoms with Crippen molar-refractivity contribution in [1.29, 1.82) is 0 Å². The molecule has 1 aromatic carbocycles. The normalized spacial score (nSPS) is 29.4. The van der Waals surface area contributed by atoms with Crippen LogP contribution in [0.25, 0.3) is 0 Å². The van der Waals surface area contributed by atoms with Crippen LogP contribution in [0.4, 0.5) is 4.39 Å². The predicted octanol–water partition coefficient (Wildman–Crippen LogP) is 3.31. The Labute approximate surface area is 119 Å². The summed E-state index contributed by atoms with van der Waals surface area (Å²) in [6, 6.07) is 6.43. The van der Waals surface area contributed by atoms with Crippen LogP contribution in [0, 0.1) is 23.6 Å². The first-order chi connectivity index (χ1) is 9.61. The molecule has 4 atom stereocenters. The molecule has 0 spiro atoms. The lowest BCUT2D eigenvalue weighted by atomic mass is 9.84. The van der Waals surface area contributed by atoms with Crippen molar-refractivity contribution >= 4 is 5.91 Å². The summed E-state index contributed by atoms with van der Waals surface area (Å²) >= 11 is 0. The van der Waals surface area contributed by atoms with Gasteiger partial charge >= 0.3 is 0 Å². The van der Waals surface area contributed by atoms with E-state index in [2.05, 4.69) is 12.2 Å². The average molecular weight is 275 g/mol. The summed E-state index contributed by atoms with van der Waals surface area (Å²) in [5.74, 6) is 2.17. The van der Waals surface area contributed by atoms with E-state index in [1.807, 2.05) is 0 Å². The molecule has 3 heteroatoms. The lowest BCUT2D eigenvalue weighted by Crippen LogP contribution is -2.40. The van der Waals surface area contributed by atoms with E-state index in [9.17, 15) is 9.18 Å². The second-order valence-electron chi connectivity index (χ2n) is 6.50. The van der Waals surface area contributed by atoms with Crippen LogP contribution in [0.1, 0.15) is 38.2 Å². The highest BCUT2D eigenvalue weighted by Crippen LogP contribution is 2.49. The maximum Gasteiger partial charge on any atom is 0.224 e. The molecular weight excluding hydrogens is 253 g/mol. The molecule has 0 aliphatic heterocycles. The van der Waals surface area contributed by atoms with Crippen LogP contribution in [-0.2, 0) is 11.2 Å². The second kappa shape index (κ2) is 5.55. The number of carbonyl (C=O) groups is 1. The number of carbonyl (C=O) groups excluding carboxylic acids is 1. The van der Waals surface area contributed by atoms with Crippen molar-refractivity contribution in [3.05, 3.63) is 35.6 Å². The van der Waals surface area contributed by atoms with E-state index in [1.165, 1.54) is 37.8 Å². The summed E-state index contributed by atoms with van der Waals surface area (Å²) in [7, 11) is 0. The van der Waals surface area contributed by atoms with E-state index in [4.69, 9.17) is 0 Å². The Morgan fingerprint density at radius 1 is 1.30 bits per heavy atom. The van der Waals surface area contributed by atoms with E-state index in [0.717, 1.165) is 17.4 Å². The lowest BCUT2D eigenvalue weighted by molar-refractivity contribution is -0.121. The molecule has 1 aromatic rings. The Balaban J connectivity index is 1.52. The summed E-state index contributed by atoms with van der Waals surface area (Å²) in [4.78, 5) is 12.1. The molecule has 0 aromatic heterocycles. The highest BCUT2D eigenvalue weighted by molar-refractivity contribution is 5.78. The zero-order valence-corrected chi connectivity index (χ0v) is 11.9. The molecule has 2 fully saturated rings. The number of fused-ring (bicyclic) bond motifs is 2. The zero-order chi connectivity index (χ0) is 14.1. The Morgan fingerprint density at radius 3 is 2.65 bits per heavy atom. The Hall–Kier alpha value is -1.38. The van der Waals surface area contributed by atoms with Gasteiger partial charge in [-0.1, -0.05) is 18.6 Å². The first kappa shape index (κ1) is 13.6. The van der Waals surface area contributed by atoms with Gasteiger partial charge in [-0.3, -0.25) is 4.79 Å². The summed E-state index contributed by atoms with van der Waals surface area (Å²) in [5, 5.41) is 3.14. The maximum atomic E-state index is 12.8. The average Bonchev–Trinajstić information content (AvgIpc) is 3.03. The van der Waals surface area contributed by atoms with Crippen LogP contribution in [0.2, 0.25) is 0 Å². The highest BCUT2D eigenvalue weighted by atomic mass is 19.1. The monoisotopic (exact) mass is 275 g/mol. The minimum Gasteiger partial charge on any atom is -0.353 e. The minimum atomic E-state index is -0.260. The Morgan fingerprint density at radius 2 is 2.05 bits per heavy atom. The van der Waals surface area contributed by atoms with Gasteiger partial charge in [-0.15, -0.1) is 0 Å². The smallest absolute Gasteiger partial charge is 0.224 e. The highest BCUT2D eigenvalue weighted by Gasteiger charge is 2.42. The van der Waals surface area contributed by atoms with Crippen molar-refractivity contribution < 1.29 is 9.18 Å². The quantitative estimate of drug-likeness (QED) is 0.897. The summed E-state index contributed by atoms with van der Waals surface area (Å²) in [6.45, 7) is 2.13. The number of rotatable bonds is 4. The molecule has 2 bridgehead atoms. The minimum absolute atomic E-state index is 0.0480. The fraction of sp³-hybridized carbons (Fsp3) is 0.588. The fourth-order valence-electron chi connectivity index (χ4n) is 4.11. The van der Waals surface area contributed by atoms with Gasteiger partial charge in [0, 0.05) is 6.04 Å². The van der Waals surface area contributed by atoms with Crippen molar-refractivity contribution in [2.45, 2.75) is 45.1 Å². The molecule has 108 valence electrons. The summed E-state index contributed by atoms with van der Waals surface area (Å²) in [5.41, 5.74) is 0.865. The van der Waals surface area contributed by atoms with Gasteiger partial charge in [0.2, 0.25) is 5.91 Å². The molecule has 3 rings (SSSR count). The van der Waals surface area contributed by atoms with Crippen LogP contribution >= 0.6 is 0 Å². The molecule has 20 heavy (non-hydrogen) atoms. The molecule has 1 amide bonds. The molecule has 2 aliphatic rings. The van der Waals surface area contributed by atoms with E-state index in [-0.39, 0.29) is 17.8 Å². The number of benzene rings is 1. The number of amides is 1. The second-order valence-corrected chi connectivity index (χ2v) is 6.50. The van der Waals surface area contributed by atoms with Gasteiger partial charge in [0.25, 0.3) is 0 Å². The zero-order valence-electron chi connectivity index (χ0n) is 11.9. The van der Waals surface area contributed by atoms with E-state index in [1.54, 1.807) is 12.1 Å². The number of halogens is 1. The molecule has 2 nitrogen and oxygen atoms in total. The van der Waals surface area contributed by atoms with Gasteiger partial charge in [-0.25, -0.2) is 4.39 Å². The van der Waals surface area contributed by atoms with Crippen molar-refractivity contribution in [2.75, 3.05) is 0 Å². The summed E-state index contributed by atoms with van der Waals surface area (Å²) in [6.07, 6.45) is 5.71. The van der Waals surface area contributed by atoms with Gasteiger partial charge in [0.1, 0.15) is 5.82 Å². The van der Waals surface area contributed by atoms with Crippen LogP contribution in [-0.4, -0.2) is 11.9 Å². The van der Waals surface area contributed by atoms with Crippen molar-refractivity contribution in [3.63, 3.8) is 0 Å². The molecule has 2 aliphatic carbocycles. The molecule has 2 saturated carbocycles. The van der Waals surface area contributed by atoms with E-state index in [0.29, 0.717) is 12.3 Å². The van der Waals surface area contributed by atoms with E-state index < -0.39 is 0 Å². The third-order valence-electron chi connectivity index (χ3n) is 5.10. The molecule has 0 saturated heterocycles. The van der Waals surface area contributed by atoms with Crippen molar-refractivity contribution in [3.8, 4) is 0 Å². The maximum absolute atomic E-state index is 12.8. The lowest BCUT2D eigenvalue weighted by Gasteiger charge is -2.28. The predicted molar refractivity (Wildman–Crippen MR) is 76.6 cm³/mol. The van der Waals surface area contributed by atoms with Crippen LogP contribution < -0.4 is 5.32 Å². The fourth-order valence-corrected chi connectivity index (χ4v) is 4.11. The SMILES string of the molecule is C[C@H](NC(=O)Cc1ccc(F)cc1)[C@H]1C[C@@H]2CC[C@@H]1C2. The summed E-state index contributed by atoms with van der Waals surface area (Å²) < 4.78 is 12.8. The molecular formula is C17H22FNO. The third-order valence-corrected chi connectivity index (χ3v) is 5.10. The van der Waals surface area contributed by atoms with Crippen LogP contribution in [0.3, 0.4) is 0 Å². The largest absolute Gasteiger partial charge is 0.353 e. The Kier molecular flexibility index (Phi) is 3.77. The van der Waals surface area contributed by atoms with Gasteiger partial charge in [0.15, 0.2) is 0 Å². The Bertz CT molecular complexity index is 484. The van der Waals surface area contributed by atoms with Gasteiger partial charge < -0.3 is 5.32 Å². The van der Waals surface area contributed by atoms with Crippen LogP contribution in [0.15, 0.2) is 24.3 Å². The third kappa shape index (κ3) is 2.87. The number of hydrogen-bond donors (Lipinski definition) is 1. The van der Waals surface area contributed by atoms with Crippen LogP contribution in [0.5, 0.6) is 0 Å². The number of nitrogens with one attached hydrogen (secondary N) is 1. The first-order valence-corrected chi connectivity index (χ1v) is 7.65. The van der Waals surface area contributed by atoms with Gasteiger partial charge in [-0.2, -0.15) is 0 Å².